The molecule has 0 aliphatic carbocycles. The second kappa shape index (κ2) is 9.80. The number of halogens is 4. The van der Waals surface area contributed by atoms with Crippen molar-refractivity contribution in [1.82, 2.24) is 14.5 Å². The first-order valence-corrected chi connectivity index (χ1v) is 11.0. The van der Waals surface area contributed by atoms with Crippen LogP contribution < -0.4 is 9.47 Å². The fraction of sp³-hybridized carbons (Fsp3) is 0.182. The van der Waals surface area contributed by atoms with E-state index in [1.54, 1.807) is 25.1 Å². The second-order valence-corrected chi connectivity index (χ2v) is 8.21. The zero-order valence-corrected chi connectivity index (χ0v) is 19.3. The van der Waals surface area contributed by atoms with Crippen molar-refractivity contribution in [3.05, 3.63) is 52.8 Å². The second-order valence-electron chi connectivity index (χ2n) is 6.81. The molecule has 0 bridgehead atoms. The molecule has 4 rings (SSSR count). The van der Waals surface area contributed by atoms with Gasteiger partial charge in [0.05, 0.1) is 15.2 Å². The molecule has 178 valence electrons. The molecule has 4 aromatic rings. The maximum atomic E-state index is 12.5. The number of alkyl halides is 3. The van der Waals surface area contributed by atoms with Crippen molar-refractivity contribution in [3.63, 3.8) is 0 Å². The molecule has 2 heterocycles. The van der Waals surface area contributed by atoms with Crippen LogP contribution in [0.15, 0.2) is 36.4 Å². The van der Waals surface area contributed by atoms with Gasteiger partial charge in [-0.1, -0.05) is 22.9 Å². The zero-order valence-electron chi connectivity index (χ0n) is 17.8. The summed E-state index contributed by atoms with van der Waals surface area (Å²) in [4.78, 5) is 8.49. The van der Waals surface area contributed by atoms with E-state index in [4.69, 9.17) is 21.1 Å². The number of hydrogen-bond donors (Lipinski definition) is 0. The predicted octanol–water partition coefficient (Wildman–Crippen LogP) is 6.24. The summed E-state index contributed by atoms with van der Waals surface area (Å²) >= 11 is 7.43. The highest BCUT2D eigenvalue weighted by atomic mass is 35.5. The van der Waals surface area contributed by atoms with E-state index in [1.807, 2.05) is 12.1 Å². The van der Waals surface area contributed by atoms with Gasteiger partial charge < -0.3 is 14.2 Å². The van der Waals surface area contributed by atoms with Crippen LogP contribution >= 0.6 is 22.9 Å². The quantitative estimate of drug-likeness (QED) is 0.284. The van der Waals surface area contributed by atoms with Crippen LogP contribution in [-0.2, 0) is 11.5 Å². The van der Waals surface area contributed by atoms with Crippen molar-refractivity contribution in [2.75, 3.05) is 6.61 Å². The molecule has 0 amide bonds. The molecule has 0 unspecified atom stereocenters. The maximum Gasteiger partial charge on any atom is 0.573 e. The van der Waals surface area contributed by atoms with E-state index in [-0.39, 0.29) is 39.8 Å². The SMILES string of the molecule is CCOCn1c(-c2ccc(Oc3nc4ccc(OC(F)(F)F)cc4s3)c(Cl)c2)nc(C#N)c1C#N. The molecule has 0 spiro atoms. The van der Waals surface area contributed by atoms with Crippen molar-refractivity contribution in [1.29, 1.82) is 10.5 Å². The first kappa shape index (κ1) is 24.3. The molecule has 0 saturated carbocycles. The fourth-order valence-electron chi connectivity index (χ4n) is 3.11. The van der Waals surface area contributed by atoms with Gasteiger partial charge >= 0.3 is 6.36 Å². The van der Waals surface area contributed by atoms with Crippen LogP contribution in [0.3, 0.4) is 0 Å². The molecule has 0 atom stereocenters. The molecular weight excluding hydrogens is 507 g/mol. The van der Waals surface area contributed by atoms with Crippen LogP contribution in [0, 0.1) is 22.7 Å². The Morgan fingerprint density at radius 1 is 1.11 bits per heavy atom. The highest BCUT2D eigenvalue weighted by Gasteiger charge is 2.31. The minimum atomic E-state index is -4.80. The Morgan fingerprint density at radius 2 is 1.91 bits per heavy atom. The van der Waals surface area contributed by atoms with Crippen LogP contribution in [-0.4, -0.2) is 27.5 Å². The lowest BCUT2D eigenvalue weighted by atomic mass is 10.2. The average Bonchev–Trinajstić information content (AvgIpc) is 3.37. The first-order chi connectivity index (χ1) is 16.7. The molecule has 13 heteroatoms. The lowest BCUT2D eigenvalue weighted by Gasteiger charge is -2.10. The Labute approximate surface area is 205 Å². The summed E-state index contributed by atoms with van der Waals surface area (Å²) in [5.41, 5.74) is 0.967. The van der Waals surface area contributed by atoms with Gasteiger partial charge in [-0.2, -0.15) is 10.5 Å². The number of imidazole rings is 1. The van der Waals surface area contributed by atoms with E-state index < -0.39 is 6.36 Å². The van der Waals surface area contributed by atoms with E-state index in [1.165, 1.54) is 16.7 Å². The van der Waals surface area contributed by atoms with Gasteiger partial charge in [0, 0.05) is 18.2 Å². The van der Waals surface area contributed by atoms with Crippen LogP contribution in [0.4, 0.5) is 13.2 Å². The lowest BCUT2D eigenvalue weighted by Crippen LogP contribution is -2.16. The Hall–Kier alpha value is -3.84. The zero-order chi connectivity index (χ0) is 25.2. The summed E-state index contributed by atoms with van der Waals surface area (Å²) in [7, 11) is 0. The number of aromatic nitrogens is 3. The van der Waals surface area contributed by atoms with Crippen LogP contribution in [0.5, 0.6) is 16.7 Å². The van der Waals surface area contributed by atoms with Gasteiger partial charge in [0.15, 0.2) is 11.4 Å². The molecular formula is C22H13ClF3N5O3S. The number of ether oxygens (including phenoxy) is 3. The van der Waals surface area contributed by atoms with Crippen LogP contribution in [0.2, 0.25) is 5.02 Å². The average molecular weight is 520 g/mol. The van der Waals surface area contributed by atoms with Gasteiger partial charge in [-0.25, -0.2) is 9.97 Å². The number of fused-ring (bicyclic) bond motifs is 1. The number of rotatable bonds is 7. The summed E-state index contributed by atoms with van der Waals surface area (Å²) in [6, 6.07) is 12.4. The van der Waals surface area contributed by atoms with Crippen molar-refractivity contribution in [3.8, 4) is 40.2 Å². The van der Waals surface area contributed by atoms with Gasteiger partial charge in [0.1, 0.15) is 36.2 Å². The number of hydrogen-bond acceptors (Lipinski definition) is 8. The summed E-state index contributed by atoms with van der Waals surface area (Å²) in [5.74, 6) is 0.195. The third-order valence-corrected chi connectivity index (χ3v) is 5.76. The van der Waals surface area contributed by atoms with Gasteiger partial charge in [0.2, 0.25) is 0 Å². The number of benzene rings is 2. The topological polar surface area (TPSA) is 106 Å². The van der Waals surface area contributed by atoms with E-state index in [9.17, 15) is 23.7 Å². The van der Waals surface area contributed by atoms with Gasteiger partial charge in [-0.3, -0.25) is 4.57 Å². The summed E-state index contributed by atoms with van der Waals surface area (Å²) in [6.07, 6.45) is -4.80. The van der Waals surface area contributed by atoms with Crippen molar-refractivity contribution in [2.45, 2.75) is 20.0 Å². The Balaban J connectivity index is 1.62. The van der Waals surface area contributed by atoms with Crippen molar-refractivity contribution < 1.29 is 27.4 Å². The maximum absolute atomic E-state index is 12.5. The fourth-order valence-corrected chi connectivity index (χ4v) is 4.19. The molecule has 35 heavy (non-hydrogen) atoms. The van der Waals surface area contributed by atoms with E-state index in [2.05, 4.69) is 14.7 Å². The molecule has 0 aliphatic rings. The third kappa shape index (κ3) is 5.30. The number of thiazole rings is 1. The Kier molecular flexibility index (Phi) is 6.80. The highest BCUT2D eigenvalue weighted by molar-refractivity contribution is 7.20. The van der Waals surface area contributed by atoms with E-state index in [0.717, 1.165) is 17.4 Å². The highest BCUT2D eigenvalue weighted by Crippen LogP contribution is 2.38. The minimum Gasteiger partial charge on any atom is -0.429 e. The number of nitrogens with zero attached hydrogens (tertiary/aromatic N) is 5. The van der Waals surface area contributed by atoms with Gasteiger partial charge in [0.25, 0.3) is 5.19 Å². The van der Waals surface area contributed by atoms with Crippen molar-refractivity contribution in [2.24, 2.45) is 0 Å². The third-order valence-electron chi connectivity index (χ3n) is 4.57. The lowest BCUT2D eigenvalue weighted by molar-refractivity contribution is -0.274. The summed E-state index contributed by atoms with van der Waals surface area (Å²) < 4.78 is 54.4. The molecule has 0 N–H and O–H groups in total. The molecule has 2 aromatic heterocycles. The van der Waals surface area contributed by atoms with E-state index >= 15 is 0 Å². The predicted molar refractivity (Wildman–Crippen MR) is 120 cm³/mol. The minimum absolute atomic E-state index is 0.0189. The standard InChI is InChI=1S/C22H13ClF3N5O3S/c1-2-32-11-31-17(10-28)16(9-27)29-20(31)12-3-6-18(14(23)7-12)33-21-30-15-5-4-13(8-19(15)35-21)34-22(24,25)26/h3-8H,2,11H2,1H3. The summed E-state index contributed by atoms with van der Waals surface area (Å²) in [5, 5.41) is 19.1. The first-order valence-electron chi connectivity index (χ1n) is 9.85. The number of nitriles is 2. The molecule has 0 aliphatic heterocycles. The smallest absolute Gasteiger partial charge is 0.429 e. The van der Waals surface area contributed by atoms with Crippen molar-refractivity contribution >= 4 is 33.2 Å². The summed E-state index contributed by atoms with van der Waals surface area (Å²) in [6.45, 7) is 2.21. The normalized spacial score (nSPS) is 11.3. The Morgan fingerprint density at radius 3 is 2.57 bits per heavy atom. The molecule has 2 aromatic carbocycles. The monoisotopic (exact) mass is 519 g/mol. The molecule has 0 saturated heterocycles. The largest absolute Gasteiger partial charge is 0.573 e. The van der Waals surface area contributed by atoms with Crippen LogP contribution in [0.1, 0.15) is 18.3 Å². The van der Waals surface area contributed by atoms with Gasteiger partial charge in [-0.15, -0.1) is 13.2 Å². The van der Waals surface area contributed by atoms with Crippen LogP contribution in [0.25, 0.3) is 21.6 Å². The molecule has 8 nitrogen and oxygen atoms in total. The molecule has 0 radical (unpaired) electrons. The molecule has 0 fully saturated rings. The van der Waals surface area contributed by atoms with E-state index in [0.29, 0.717) is 28.2 Å². The Bertz CT molecular complexity index is 1490. The van der Waals surface area contributed by atoms with Gasteiger partial charge in [-0.05, 0) is 37.3 Å².